The highest BCUT2D eigenvalue weighted by molar-refractivity contribution is 5.88. The van der Waals surface area contributed by atoms with E-state index in [1.54, 1.807) is 6.92 Å². The molecule has 1 aromatic heterocycles. The van der Waals surface area contributed by atoms with E-state index in [1.165, 1.54) is 24.8 Å². The topological polar surface area (TPSA) is 90.1 Å². The molecule has 1 saturated heterocycles. The first-order valence-corrected chi connectivity index (χ1v) is 12.7. The van der Waals surface area contributed by atoms with Crippen LogP contribution in [0.5, 0.6) is 0 Å². The SMILES string of the molecule is C=C(C[C@H](NC(=O)CCC(C)C)C(=O)N[C@@H](C)c1ncc(-c2ccc(F)cc2F)[nH]1)N1CCCCC1. The molecule has 1 aliphatic rings. The van der Waals surface area contributed by atoms with Gasteiger partial charge in [-0.2, -0.15) is 0 Å². The van der Waals surface area contributed by atoms with Gasteiger partial charge in [0.1, 0.15) is 23.5 Å². The van der Waals surface area contributed by atoms with Gasteiger partial charge in [-0.1, -0.05) is 20.4 Å². The highest BCUT2D eigenvalue weighted by Gasteiger charge is 2.26. The first-order valence-electron chi connectivity index (χ1n) is 12.7. The van der Waals surface area contributed by atoms with Gasteiger partial charge < -0.3 is 20.5 Å². The van der Waals surface area contributed by atoms with Crippen LogP contribution in [0.1, 0.15) is 71.2 Å². The van der Waals surface area contributed by atoms with Crippen LogP contribution in [0.25, 0.3) is 11.3 Å². The van der Waals surface area contributed by atoms with Crippen LogP contribution in [0, 0.1) is 17.6 Å². The number of halogens is 2. The summed E-state index contributed by atoms with van der Waals surface area (Å²) >= 11 is 0. The Kier molecular flexibility index (Phi) is 9.61. The number of aromatic amines is 1. The summed E-state index contributed by atoms with van der Waals surface area (Å²) in [5.41, 5.74) is 1.39. The van der Waals surface area contributed by atoms with Gasteiger partial charge in [-0.15, -0.1) is 0 Å². The Morgan fingerprint density at radius 1 is 1.14 bits per heavy atom. The Morgan fingerprint density at radius 2 is 1.86 bits per heavy atom. The van der Waals surface area contributed by atoms with Gasteiger partial charge in [0.15, 0.2) is 0 Å². The molecule has 0 spiro atoms. The third-order valence-electron chi connectivity index (χ3n) is 6.43. The number of rotatable bonds is 11. The number of hydrogen-bond acceptors (Lipinski definition) is 4. The Hall–Kier alpha value is -3.23. The molecule has 2 amide bonds. The number of benzene rings is 1. The second-order valence-corrected chi connectivity index (χ2v) is 9.91. The lowest BCUT2D eigenvalue weighted by atomic mass is 10.0. The zero-order valence-electron chi connectivity index (χ0n) is 21.4. The van der Waals surface area contributed by atoms with Crippen molar-refractivity contribution < 1.29 is 18.4 Å². The number of piperidine rings is 1. The highest BCUT2D eigenvalue weighted by Crippen LogP contribution is 2.23. The molecular weight excluding hydrogens is 464 g/mol. The molecule has 0 unspecified atom stereocenters. The van der Waals surface area contributed by atoms with E-state index in [9.17, 15) is 18.4 Å². The van der Waals surface area contributed by atoms with Crippen molar-refractivity contribution in [2.45, 2.75) is 71.4 Å². The summed E-state index contributed by atoms with van der Waals surface area (Å²) in [6.07, 6.45) is 6.20. The summed E-state index contributed by atoms with van der Waals surface area (Å²) in [7, 11) is 0. The minimum atomic E-state index is -0.773. The molecule has 0 saturated carbocycles. The number of hydrogen-bond donors (Lipinski definition) is 3. The number of nitrogens with zero attached hydrogens (tertiary/aromatic N) is 2. The van der Waals surface area contributed by atoms with Crippen LogP contribution in [0.3, 0.4) is 0 Å². The first kappa shape index (κ1) is 27.4. The van der Waals surface area contributed by atoms with Crippen molar-refractivity contribution in [3.05, 3.63) is 54.1 Å². The van der Waals surface area contributed by atoms with E-state index in [2.05, 4.69) is 32.1 Å². The molecule has 9 heteroatoms. The van der Waals surface area contributed by atoms with Crippen molar-refractivity contribution >= 4 is 11.8 Å². The van der Waals surface area contributed by atoms with Crippen LogP contribution < -0.4 is 10.6 Å². The lowest BCUT2D eigenvalue weighted by Gasteiger charge is -2.32. The van der Waals surface area contributed by atoms with Gasteiger partial charge in [-0.3, -0.25) is 9.59 Å². The Bertz CT molecular complexity index is 1060. The molecule has 2 heterocycles. The van der Waals surface area contributed by atoms with Crippen molar-refractivity contribution in [3.8, 4) is 11.3 Å². The molecule has 3 rings (SSSR count). The molecule has 0 aliphatic carbocycles. The van der Waals surface area contributed by atoms with Crippen LogP contribution in [-0.4, -0.2) is 45.8 Å². The third-order valence-corrected chi connectivity index (χ3v) is 6.43. The standard InChI is InChI=1S/C27H37F2N5O2/c1-17(2)8-11-25(35)32-23(14-18(3)34-12-6-5-7-13-34)27(36)31-19(4)26-30-16-24(33-26)21-10-9-20(28)15-22(21)29/h9-10,15-17,19,23H,3,5-8,11-14H2,1-2,4H3,(H,30,33)(H,31,36)(H,32,35)/t19-,23-/m0/s1. The zero-order valence-corrected chi connectivity index (χ0v) is 21.4. The normalized spacial score (nSPS) is 15.4. The summed E-state index contributed by atoms with van der Waals surface area (Å²) in [6, 6.07) is 2.01. The maximum Gasteiger partial charge on any atom is 0.243 e. The van der Waals surface area contributed by atoms with Crippen molar-refractivity contribution in [1.29, 1.82) is 0 Å². The summed E-state index contributed by atoms with van der Waals surface area (Å²) in [6.45, 7) is 11.8. The number of aromatic nitrogens is 2. The molecule has 36 heavy (non-hydrogen) atoms. The number of imidazole rings is 1. The predicted molar refractivity (Wildman–Crippen MR) is 136 cm³/mol. The van der Waals surface area contributed by atoms with Gasteiger partial charge in [0.2, 0.25) is 11.8 Å². The summed E-state index contributed by atoms with van der Waals surface area (Å²) < 4.78 is 27.4. The molecule has 1 aliphatic heterocycles. The fourth-order valence-corrected chi connectivity index (χ4v) is 4.25. The molecular formula is C27H37F2N5O2. The highest BCUT2D eigenvalue weighted by atomic mass is 19.1. The van der Waals surface area contributed by atoms with Gasteiger partial charge in [0.05, 0.1) is 17.9 Å². The van der Waals surface area contributed by atoms with Crippen molar-refractivity contribution in [2.24, 2.45) is 5.92 Å². The Morgan fingerprint density at radius 3 is 2.53 bits per heavy atom. The van der Waals surface area contributed by atoms with E-state index >= 15 is 0 Å². The molecule has 1 fully saturated rings. The second kappa shape index (κ2) is 12.6. The fraction of sp³-hybridized carbons (Fsp3) is 0.519. The number of likely N-dealkylation sites (tertiary alicyclic amines) is 1. The van der Waals surface area contributed by atoms with Crippen LogP contribution in [0.2, 0.25) is 0 Å². The smallest absolute Gasteiger partial charge is 0.243 e. The van der Waals surface area contributed by atoms with Crippen molar-refractivity contribution in [1.82, 2.24) is 25.5 Å². The molecule has 7 nitrogen and oxygen atoms in total. The van der Waals surface area contributed by atoms with E-state index in [0.717, 1.165) is 44.1 Å². The molecule has 2 atom stereocenters. The second-order valence-electron chi connectivity index (χ2n) is 9.91. The van der Waals surface area contributed by atoms with Gasteiger partial charge in [0.25, 0.3) is 0 Å². The Balaban J connectivity index is 1.68. The van der Waals surface area contributed by atoms with Crippen LogP contribution >= 0.6 is 0 Å². The molecule has 0 bridgehead atoms. The Labute approximate surface area is 211 Å². The van der Waals surface area contributed by atoms with Crippen LogP contribution in [-0.2, 0) is 9.59 Å². The lowest BCUT2D eigenvalue weighted by Crippen LogP contribution is -2.48. The summed E-state index contributed by atoms with van der Waals surface area (Å²) in [5, 5.41) is 5.79. The van der Waals surface area contributed by atoms with E-state index in [0.29, 0.717) is 30.3 Å². The fourth-order valence-electron chi connectivity index (χ4n) is 4.25. The van der Waals surface area contributed by atoms with Crippen molar-refractivity contribution in [3.63, 3.8) is 0 Å². The first-order chi connectivity index (χ1) is 17.1. The van der Waals surface area contributed by atoms with Gasteiger partial charge in [-0.05, 0) is 50.7 Å². The number of carbonyl (C=O) groups is 2. The van der Waals surface area contributed by atoms with Gasteiger partial charge in [-0.25, -0.2) is 13.8 Å². The average Bonchev–Trinajstić information content (AvgIpc) is 3.33. The molecule has 2 aromatic rings. The quantitative estimate of drug-likeness (QED) is 0.411. The largest absolute Gasteiger partial charge is 0.375 e. The number of carbonyl (C=O) groups excluding carboxylic acids is 2. The number of amides is 2. The molecule has 3 N–H and O–H groups in total. The maximum absolute atomic E-state index is 14.2. The van der Waals surface area contributed by atoms with Crippen molar-refractivity contribution in [2.75, 3.05) is 13.1 Å². The minimum absolute atomic E-state index is 0.171. The predicted octanol–water partition coefficient (Wildman–Crippen LogP) is 4.84. The van der Waals surface area contributed by atoms with E-state index < -0.39 is 23.7 Å². The molecule has 196 valence electrons. The van der Waals surface area contributed by atoms with Gasteiger partial charge >= 0.3 is 0 Å². The maximum atomic E-state index is 14.2. The number of H-pyrrole nitrogens is 1. The summed E-state index contributed by atoms with van der Waals surface area (Å²) in [5.74, 6) is -1.08. The third kappa shape index (κ3) is 7.63. The molecule has 1 aromatic carbocycles. The average molecular weight is 502 g/mol. The monoisotopic (exact) mass is 501 g/mol. The van der Waals surface area contributed by atoms with E-state index in [-0.39, 0.29) is 17.4 Å². The van der Waals surface area contributed by atoms with Gasteiger partial charge in [0, 0.05) is 43.3 Å². The number of nitrogens with one attached hydrogen (secondary N) is 3. The van der Waals surface area contributed by atoms with E-state index in [1.807, 2.05) is 13.8 Å². The zero-order chi connectivity index (χ0) is 26.2. The minimum Gasteiger partial charge on any atom is -0.375 e. The van der Waals surface area contributed by atoms with E-state index in [4.69, 9.17) is 0 Å². The molecule has 0 radical (unpaired) electrons. The lowest BCUT2D eigenvalue weighted by molar-refractivity contribution is -0.129. The van der Waals surface area contributed by atoms with Crippen LogP contribution in [0.4, 0.5) is 8.78 Å². The summed E-state index contributed by atoms with van der Waals surface area (Å²) in [4.78, 5) is 35.3. The van der Waals surface area contributed by atoms with Crippen LogP contribution in [0.15, 0.2) is 36.7 Å².